The number of aryl methyl sites for hydroxylation is 3. The number of nitrogens with zero attached hydrogens (tertiary/aromatic N) is 2. The molecular weight excluding hydrogens is 496 g/mol. The molecule has 41 heavy (non-hydrogen) atoms. The van der Waals surface area contributed by atoms with Gasteiger partial charge in [-0.25, -0.2) is 0 Å². The van der Waals surface area contributed by atoms with Gasteiger partial charge in [-0.1, -0.05) is 98.0 Å². The van der Waals surface area contributed by atoms with Gasteiger partial charge in [0.15, 0.2) is 0 Å². The van der Waals surface area contributed by atoms with Crippen molar-refractivity contribution >= 4 is 28.4 Å². The Labute approximate surface area is 246 Å². The lowest BCUT2D eigenvalue weighted by Gasteiger charge is -2.26. The van der Waals surface area contributed by atoms with E-state index in [1.54, 1.807) is 0 Å². The highest BCUT2D eigenvalue weighted by molar-refractivity contribution is 5.79. The van der Waals surface area contributed by atoms with Crippen LogP contribution in [-0.4, -0.2) is 7.05 Å². The predicted octanol–water partition coefficient (Wildman–Crippen LogP) is 11.3. The Kier molecular flexibility index (Phi) is 9.21. The summed E-state index contributed by atoms with van der Waals surface area (Å²) in [7, 11) is 2.12. The normalized spacial score (nSPS) is 10.9. The van der Waals surface area contributed by atoms with Crippen LogP contribution in [0, 0.1) is 13.8 Å². The summed E-state index contributed by atoms with van der Waals surface area (Å²) >= 11 is 0. The zero-order valence-corrected chi connectivity index (χ0v) is 25.0. The Hall–Kier alpha value is -4.30. The van der Waals surface area contributed by atoms with Crippen LogP contribution in [0.1, 0.15) is 49.3 Å². The van der Waals surface area contributed by atoms with Crippen LogP contribution < -0.4 is 9.80 Å². The van der Waals surface area contributed by atoms with E-state index in [9.17, 15) is 0 Å². The van der Waals surface area contributed by atoms with E-state index in [4.69, 9.17) is 0 Å². The highest BCUT2D eigenvalue weighted by atomic mass is 15.1. The van der Waals surface area contributed by atoms with Gasteiger partial charge in [0.1, 0.15) is 0 Å². The van der Waals surface area contributed by atoms with E-state index in [2.05, 4.69) is 159 Å². The van der Waals surface area contributed by atoms with Crippen molar-refractivity contribution in [1.82, 2.24) is 0 Å². The van der Waals surface area contributed by atoms with Crippen LogP contribution in [0.25, 0.3) is 11.1 Å². The molecule has 0 N–H and O–H groups in total. The fourth-order valence-electron chi connectivity index (χ4n) is 5.31. The van der Waals surface area contributed by atoms with Crippen LogP contribution in [0.4, 0.5) is 28.4 Å². The Balaban J connectivity index is 1.36. The van der Waals surface area contributed by atoms with Crippen LogP contribution in [0.5, 0.6) is 0 Å². The standard InChI is InChI=1S/C39H42N2/c1-5-6-7-8-9-32-14-24-38(25-15-32)41(37-22-12-31(3)13-23-37)39-28-18-34(19-29-39)33-16-26-36(27-17-33)40(4)35-20-10-30(2)11-21-35/h10-29H,5-9H2,1-4H3. The molecule has 0 unspecified atom stereocenters. The Morgan fingerprint density at radius 3 is 1.29 bits per heavy atom. The molecule has 0 saturated carbocycles. The zero-order chi connectivity index (χ0) is 28.6. The maximum atomic E-state index is 2.35. The zero-order valence-electron chi connectivity index (χ0n) is 25.0. The van der Waals surface area contributed by atoms with Gasteiger partial charge in [0.2, 0.25) is 0 Å². The highest BCUT2D eigenvalue weighted by Crippen LogP contribution is 2.36. The van der Waals surface area contributed by atoms with Crippen molar-refractivity contribution in [3.05, 3.63) is 138 Å². The van der Waals surface area contributed by atoms with E-state index in [0.29, 0.717) is 0 Å². The minimum absolute atomic E-state index is 1.15. The molecule has 0 bridgehead atoms. The summed E-state index contributed by atoms with van der Waals surface area (Å²) in [6, 6.07) is 44.4. The van der Waals surface area contributed by atoms with Crippen LogP contribution in [0.15, 0.2) is 121 Å². The maximum Gasteiger partial charge on any atom is 0.0462 e. The van der Waals surface area contributed by atoms with Crippen molar-refractivity contribution in [3.8, 4) is 11.1 Å². The molecule has 0 spiro atoms. The first-order valence-corrected chi connectivity index (χ1v) is 15.0. The van der Waals surface area contributed by atoms with Crippen LogP contribution in [-0.2, 0) is 6.42 Å². The Morgan fingerprint density at radius 2 is 0.829 bits per heavy atom. The van der Waals surface area contributed by atoms with Crippen molar-refractivity contribution in [2.45, 2.75) is 52.9 Å². The fraction of sp³-hybridized carbons (Fsp3) is 0.231. The third-order valence-corrected chi connectivity index (χ3v) is 7.94. The number of rotatable bonds is 11. The molecule has 0 amide bonds. The summed E-state index contributed by atoms with van der Waals surface area (Å²) in [6.45, 7) is 6.53. The largest absolute Gasteiger partial charge is 0.345 e. The summed E-state index contributed by atoms with van der Waals surface area (Å²) < 4.78 is 0. The monoisotopic (exact) mass is 538 g/mol. The van der Waals surface area contributed by atoms with Crippen LogP contribution in [0.3, 0.4) is 0 Å². The van der Waals surface area contributed by atoms with Crippen LogP contribution >= 0.6 is 0 Å². The molecule has 0 fully saturated rings. The molecule has 0 saturated heterocycles. The van der Waals surface area contributed by atoms with Crippen molar-refractivity contribution in [1.29, 1.82) is 0 Å². The lowest BCUT2D eigenvalue weighted by molar-refractivity contribution is 0.667. The van der Waals surface area contributed by atoms with Crippen molar-refractivity contribution in [3.63, 3.8) is 0 Å². The van der Waals surface area contributed by atoms with Crippen LogP contribution in [0.2, 0.25) is 0 Å². The number of hydrogen-bond acceptors (Lipinski definition) is 2. The second-order valence-electron chi connectivity index (χ2n) is 11.1. The van der Waals surface area contributed by atoms with Gasteiger partial charge < -0.3 is 9.80 Å². The second-order valence-corrected chi connectivity index (χ2v) is 11.1. The molecule has 0 aliphatic carbocycles. The summed E-state index contributed by atoms with van der Waals surface area (Å²) in [5, 5.41) is 0. The third-order valence-electron chi connectivity index (χ3n) is 7.94. The van der Waals surface area contributed by atoms with Gasteiger partial charge in [-0.2, -0.15) is 0 Å². The topological polar surface area (TPSA) is 6.48 Å². The number of hydrogen-bond donors (Lipinski definition) is 0. The van der Waals surface area contributed by atoms with E-state index in [-0.39, 0.29) is 0 Å². The molecule has 0 radical (unpaired) electrons. The highest BCUT2D eigenvalue weighted by Gasteiger charge is 2.13. The molecule has 5 aromatic carbocycles. The Morgan fingerprint density at radius 1 is 0.439 bits per heavy atom. The first-order valence-electron chi connectivity index (χ1n) is 15.0. The predicted molar refractivity (Wildman–Crippen MR) is 178 cm³/mol. The van der Waals surface area contributed by atoms with Gasteiger partial charge in [0, 0.05) is 35.5 Å². The Bertz CT molecular complexity index is 1500. The van der Waals surface area contributed by atoms with Crippen molar-refractivity contribution < 1.29 is 0 Å². The molecule has 0 heterocycles. The quantitative estimate of drug-likeness (QED) is 0.154. The minimum Gasteiger partial charge on any atom is -0.345 e. The minimum atomic E-state index is 1.15. The van der Waals surface area contributed by atoms with Gasteiger partial charge in [-0.15, -0.1) is 0 Å². The smallest absolute Gasteiger partial charge is 0.0462 e. The average molecular weight is 539 g/mol. The van der Waals surface area contributed by atoms with E-state index in [0.717, 1.165) is 12.1 Å². The SMILES string of the molecule is CCCCCCc1ccc(N(c2ccc(C)cc2)c2ccc(-c3ccc(N(C)c4ccc(C)cc4)cc3)cc2)cc1. The number of anilines is 5. The molecule has 0 aliphatic rings. The molecule has 5 rings (SSSR count). The van der Waals surface area contributed by atoms with E-state index >= 15 is 0 Å². The summed E-state index contributed by atoms with van der Waals surface area (Å²) in [6.07, 6.45) is 6.33. The maximum absolute atomic E-state index is 2.35. The first kappa shape index (κ1) is 28.2. The second kappa shape index (κ2) is 13.4. The number of benzene rings is 5. The molecule has 0 atom stereocenters. The molecule has 208 valence electrons. The molecule has 2 nitrogen and oxygen atoms in total. The van der Waals surface area contributed by atoms with Gasteiger partial charge in [0.05, 0.1) is 0 Å². The van der Waals surface area contributed by atoms with E-state index < -0.39 is 0 Å². The lowest BCUT2D eigenvalue weighted by Crippen LogP contribution is -2.10. The average Bonchev–Trinajstić information content (AvgIpc) is 3.02. The third kappa shape index (κ3) is 7.08. The number of unbranched alkanes of at least 4 members (excludes halogenated alkanes) is 3. The summed E-state index contributed by atoms with van der Waals surface area (Å²) in [5.41, 5.74) is 12.3. The molecule has 0 aliphatic heterocycles. The van der Waals surface area contributed by atoms with Gasteiger partial charge in [-0.05, 0) is 104 Å². The lowest BCUT2D eigenvalue weighted by atomic mass is 10.0. The fourth-order valence-corrected chi connectivity index (χ4v) is 5.31. The molecule has 0 aromatic heterocycles. The van der Waals surface area contributed by atoms with Crippen molar-refractivity contribution in [2.24, 2.45) is 0 Å². The molecule has 5 aromatic rings. The first-order chi connectivity index (χ1) is 20.0. The summed E-state index contributed by atoms with van der Waals surface area (Å²) in [5.74, 6) is 0. The van der Waals surface area contributed by atoms with Crippen molar-refractivity contribution in [2.75, 3.05) is 16.8 Å². The van der Waals surface area contributed by atoms with E-state index in [1.807, 2.05) is 0 Å². The van der Waals surface area contributed by atoms with Gasteiger partial charge >= 0.3 is 0 Å². The van der Waals surface area contributed by atoms with Gasteiger partial charge in [-0.3, -0.25) is 0 Å². The summed E-state index contributed by atoms with van der Waals surface area (Å²) in [4.78, 5) is 4.58. The molecule has 2 heteroatoms. The molecular formula is C39H42N2. The van der Waals surface area contributed by atoms with E-state index in [1.165, 1.54) is 76.3 Å². The van der Waals surface area contributed by atoms with Gasteiger partial charge in [0.25, 0.3) is 0 Å².